The van der Waals surface area contributed by atoms with E-state index in [-0.39, 0.29) is 18.3 Å². The van der Waals surface area contributed by atoms with E-state index in [1.807, 2.05) is 38.1 Å². The van der Waals surface area contributed by atoms with E-state index in [4.69, 9.17) is 9.47 Å². The molecule has 1 heterocycles. The van der Waals surface area contributed by atoms with Crippen LogP contribution >= 0.6 is 11.3 Å². The first-order chi connectivity index (χ1) is 14.0. The largest absolute Gasteiger partial charge is 0.494 e. The minimum absolute atomic E-state index is 0.0556. The number of hydrogen-bond acceptors (Lipinski definition) is 6. The lowest BCUT2D eigenvalue weighted by Gasteiger charge is -2.06. The van der Waals surface area contributed by atoms with Crippen molar-refractivity contribution >= 4 is 28.2 Å². The first-order valence-corrected chi connectivity index (χ1v) is 10.0. The fourth-order valence-corrected chi connectivity index (χ4v) is 3.55. The third-order valence-electron chi connectivity index (χ3n) is 4.09. The van der Waals surface area contributed by atoms with Gasteiger partial charge in [0.1, 0.15) is 11.5 Å². The molecule has 29 heavy (non-hydrogen) atoms. The van der Waals surface area contributed by atoms with Crippen molar-refractivity contribution in [2.24, 2.45) is 0 Å². The SMILES string of the molecule is CCOc1ccc(-c2nc(NC(=O)COc3cccc(C(C)=O)c3)sc2C)cc1. The van der Waals surface area contributed by atoms with Gasteiger partial charge in [-0.3, -0.25) is 14.9 Å². The van der Waals surface area contributed by atoms with Crippen LogP contribution in [0.5, 0.6) is 11.5 Å². The number of aryl methyl sites for hydroxylation is 1. The Morgan fingerprint density at radius 3 is 2.52 bits per heavy atom. The highest BCUT2D eigenvalue weighted by Crippen LogP contribution is 2.31. The van der Waals surface area contributed by atoms with Gasteiger partial charge in [-0.05, 0) is 57.2 Å². The maximum atomic E-state index is 12.2. The number of ketones is 1. The van der Waals surface area contributed by atoms with Crippen LogP contribution in [0.2, 0.25) is 0 Å². The van der Waals surface area contributed by atoms with Crippen molar-refractivity contribution < 1.29 is 19.1 Å². The molecule has 1 amide bonds. The Morgan fingerprint density at radius 1 is 1.07 bits per heavy atom. The second-order valence-corrected chi connectivity index (χ2v) is 7.51. The zero-order valence-electron chi connectivity index (χ0n) is 16.5. The van der Waals surface area contributed by atoms with E-state index in [9.17, 15) is 9.59 Å². The number of benzene rings is 2. The van der Waals surface area contributed by atoms with E-state index in [0.717, 1.165) is 21.9 Å². The van der Waals surface area contributed by atoms with Gasteiger partial charge in [0.05, 0.1) is 12.3 Å². The van der Waals surface area contributed by atoms with Crippen molar-refractivity contribution in [3.8, 4) is 22.8 Å². The molecule has 3 rings (SSSR count). The van der Waals surface area contributed by atoms with Crippen LogP contribution in [-0.2, 0) is 4.79 Å². The smallest absolute Gasteiger partial charge is 0.264 e. The summed E-state index contributed by atoms with van der Waals surface area (Å²) < 4.78 is 10.9. The first-order valence-electron chi connectivity index (χ1n) is 9.20. The molecule has 0 aliphatic heterocycles. The maximum Gasteiger partial charge on any atom is 0.264 e. The van der Waals surface area contributed by atoms with Crippen molar-refractivity contribution in [2.45, 2.75) is 20.8 Å². The van der Waals surface area contributed by atoms with Crippen molar-refractivity contribution in [3.63, 3.8) is 0 Å². The van der Waals surface area contributed by atoms with Crippen molar-refractivity contribution in [1.29, 1.82) is 0 Å². The average Bonchev–Trinajstić information content (AvgIpc) is 3.07. The number of carbonyl (C=O) groups is 2. The summed E-state index contributed by atoms with van der Waals surface area (Å²) in [4.78, 5) is 29.2. The monoisotopic (exact) mass is 410 g/mol. The lowest BCUT2D eigenvalue weighted by atomic mass is 10.1. The summed E-state index contributed by atoms with van der Waals surface area (Å²) >= 11 is 1.41. The first kappa shape index (κ1) is 20.5. The quantitative estimate of drug-likeness (QED) is 0.543. The van der Waals surface area contributed by atoms with Gasteiger partial charge in [-0.1, -0.05) is 12.1 Å². The zero-order valence-corrected chi connectivity index (χ0v) is 17.3. The number of ether oxygens (including phenoxy) is 2. The minimum atomic E-state index is -0.315. The Bertz CT molecular complexity index is 1010. The maximum absolute atomic E-state index is 12.2. The van der Waals surface area contributed by atoms with Crippen LogP contribution in [0.3, 0.4) is 0 Å². The number of amides is 1. The molecule has 0 spiro atoms. The fraction of sp³-hybridized carbons (Fsp3) is 0.227. The minimum Gasteiger partial charge on any atom is -0.494 e. The molecular weight excluding hydrogens is 388 g/mol. The van der Waals surface area contributed by atoms with Crippen molar-refractivity contribution in [2.75, 3.05) is 18.5 Å². The average molecular weight is 410 g/mol. The van der Waals surface area contributed by atoms with Crippen LogP contribution in [0.1, 0.15) is 29.1 Å². The van der Waals surface area contributed by atoms with E-state index in [1.54, 1.807) is 24.3 Å². The molecule has 7 heteroatoms. The second-order valence-electron chi connectivity index (χ2n) is 6.30. The van der Waals surface area contributed by atoms with Gasteiger partial charge in [0.2, 0.25) is 0 Å². The molecule has 0 fully saturated rings. The molecule has 0 unspecified atom stereocenters. The van der Waals surface area contributed by atoms with Crippen molar-refractivity contribution in [3.05, 3.63) is 59.0 Å². The molecule has 0 saturated heterocycles. The highest BCUT2D eigenvalue weighted by atomic mass is 32.1. The number of carbonyl (C=O) groups excluding carboxylic acids is 2. The van der Waals surface area contributed by atoms with Gasteiger partial charge >= 0.3 is 0 Å². The van der Waals surface area contributed by atoms with E-state index in [1.165, 1.54) is 18.3 Å². The van der Waals surface area contributed by atoms with Crippen LogP contribution in [0, 0.1) is 6.92 Å². The topological polar surface area (TPSA) is 77.5 Å². The lowest BCUT2D eigenvalue weighted by molar-refractivity contribution is -0.118. The molecule has 0 bridgehead atoms. The van der Waals surface area contributed by atoms with Crippen LogP contribution in [0.15, 0.2) is 48.5 Å². The predicted molar refractivity (Wildman–Crippen MR) is 114 cm³/mol. The summed E-state index contributed by atoms with van der Waals surface area (Å²) in [5.74, 6) is 0.909. The van der Waals surface area contributed by atoms with Gasteiger partial charge in [0.25, 0.3) is 5.91 Å². The summed E-state index contributed by atoms with van der Waals surface area (Å²) in [7, 11) is 0. The third-order valence-corrected chi connectivity index (χ3v) is 4.98. The Morgan fingerprint density at radius 2 is 1.83 bits per heavy atom. The summed E-state index contributed by atoms with van der Waals surface area (Å²) in [5.41, 5.74) is 2.32. The number of aromatic nitrogens is 1. The highest BCUT2D eigenvalue weighted by Gasteiger charge is 2.13. The Kier molecular flexibility index (Phi) is 6.61. The molecule has 6 nitrogen and oxygen atoms in total. The summed E-state index contributed by atoms with van der Waals surface area (Å²) in [6.07, 6.45) is 0. The van der Waals surface area contributed by atoms with Crippen LogP contribution in [0.25, 0.3) is 11.3 Å². The van der Waals surface area contributed by atoms with E-state index in [2.05, 4.69) is 10.3 Å². The second kappa shape index (κ2) is 9.34. The van der Waals surface area contributed by atoms with Gasteiger partial charge in [-0.25, -0.2) is 4.98 Å². The molecule has 0 radical (unpaired) electrons. The molecular formula is C22H22N2O4S. The van der Waals surface area contributed by atoms with Crippen LogP contribution in [0.4, 0.5) is 5.13 Å². The number of hydrogen-bond donors (Lipinski definition) is 1. The molecule has 0 saturated carbocycles. The molecule has 1 aromatic heterocycles. The van der Waals surface area contributed by atoms with Crippen LogP contribution in [-0.4, -0.2) is 29.9 Å². The van der Waals surface area contributed by atoms with E-state index < -0.39 is 0 Å². The van der Waals surface area contributed by atoms with Crippen LogP contribution < -0.4 is 14.8 Å². The van der Waals surface area contributed by atoms with E-state index >= 15 is 0 Å². The summed E-state index contributed by atoms with van der Waals surface area (Å²) in [6.45, 7) is 5.84. The molecule has 0 atom stereocenters. The standard InChI is InChI=1S/C22H22N2O4S/c1-4-27-18-10-8-16(9-11-18)21-15(3)29-22(24-21)23-20(26)13-28-19-7-5-6-17(12-19)14(2)25/h5-12H,4,13H2,1-3H3,(H,23,24,26). The predicted octanol–water partition coefficient (Wildman–Crippen LogP) is 4.74. The Labute approximate surface area is 173 Å². The molecule has 1 N–H and O–H groups in total. The number of Topliss-reactive ketones (excluding diaryl/α,β-unsaturated/α-hetero) is 1. The molecule has 0 aliphatic carbocycles. The molecule has 3 aromatic rings. The highest BCUT2D eigenvalue weighted by molar-refractivity contribution is 7.16. The fourth-order valence-electron chi connectivity index (χ4n) is 2.70. The lowest BCUT2D eigenvalue weighted by Crippen LogP contribution is -2.20. The molecule has 2 aromatic carbocycles. The van der Waals surface area contributed by atoms with Gasteiger partial charge in [-0.15, -0.1) is 11.3 Å². The number of rotatable bonds is 8. The van der Waals surface area contributed by atoms with Gasteiger partial charge < -0.3 is 9.47 Å². The van der Waals surface area contributed by atoms with E-state index in [0.29, 0.717) is 23.1 Å². The number of nitrogens with one attached hydrogen (secondary N) is 1. The molecule has 0 aliphatic rings. The number of thiazole rings is 1. The van der Waals surface area contributed by atoms with Crippen molar-refractivity contribution in [1.82, 2.24) is 4.98 Å². The van der Waals surface area contributed by atoms with Gasteiger partial charge in [-0.2, -0.15) is 0 Å². The number of nitrogens with zero attached hydrogens (tertiary/aromatic N) is 1. The van der Waals surface area contributed by atoms with Gasteiger partial charge in [0, 0.05) is 16.0 Å². The zero-order chi connectivity index (χ0) is 20.8. The Hall–Kier alpha value is -3.19. The third kappa shape index (κ3) is 5.42. The Balaban J connectivity index is 1.62. The number of anilines is 1. The summed E-state index contributed by atoms with van der Waals surface area (Å²) in [5, 5.41) is 3.28. The van der Waals surface area contributed by atoms with Gasteiger partial charge in [0.15, 0.2) is 17.5 Å². The summed E-state index contributed by atoms with van der Waals surface area (Å²) in [6, 6.07) is 14.4. The normalized spacial score (nSPS) is 10.4. The molecule has 150 valence electrons.